The van der Waals surface area contributed by atoms with Crippen LogP contribution in [0.1, 0.15) is 112 Å². The molecule has 4 aromatic carbocycles. The second-order valence-corrected chi connectivity index (χ2v) is 21.6. The Morgan fingerprint density at radius 2 is 1.32 bits per heavy atom. The fourth-order valence-corrected chi connectivity index (χ4v) is 10.9. The zero-order chi connectivity index (χ0) is 42.5. The number of rotatable bonds is 4. The van der Waals surface area contributed by atoms with E-state index in [0.717, 1.165) is 19.3 Å². The fourth-order valence-electron chi connectivity index (χ4n) is 10.9. The van der Waals surface area contributed by atoms with E-state index in [9.17, 15) is 0 Å². The number of nitrogens with zero attached hydrogens (tertiary/aromatic N) is 2. The minimum atomic E-state index is -0.0825. The van der Waals surface area contributed by atoms with Gasteiger partial charge in [0.05, 0.1) is 11.7 Å². The van der Waals surface area contributed by atoms with Crippen LogP contribution in [0.25, 0.3) is 16.7 Å². The highest BCUT2D eigenvalue weighted by atomic mass is 15.2. The number of fused-ring (bicyclic) bond motifs is 3. The summed E-state index contributed by atoms with van der Waals surface area (Å²) in [4.78, 5) is 5.53. The van der Waals surface area contributed by atoms with Crippen molar-refractivity contribution < 1.29 is 0 Å². The maximum atomic E-state index is 2.81. The summed E-state index contributed by atoms with van der Waals surface area (Å²) in [6.45, 7) is 28.8. The van der Waals surface area contributed by atoms with E-state index in [1.54, 1.807) is 10.9 Å². The Morgan fingerprint density at radius 3 is 2.00 bits per heavy atom. The molecule has 0 saturated carbocycles. The lowest BCUT2D eigenvalue weighted by Crippen LogP contribution is -2.58. The van der Waals surface area contributed by atoms with E-state index in [-0.39, 0.29) is 29.0 Å². The molecular formula is C57H65BN2. The van der Waals surface area contributed by atoms with E-state index in [2.05, 4.69) is 214 Å². The molecule has 0 amide bonds. The minimum absolute atomic E-state index is 0.00441. The zero-order valence-electron chi connectivity index (χ0n) is 38.4. The van der Waals surface area contributed by atoms with Crippen LogP contribution in [0, 0.1) is 29.6 Å². The molecule has 2 aliphatic heterocycles. The average Bonchev–Trinajstić information content (AvgIpc) is 3.20. The van der Waals surface area contributed by atoms with Crippen molar-refractivity contribution in [2.45, 2.75) is 114 Å². The summed E-state index contributed by atoms with van der Waals surface area (Å²) in [5.74, 6) is 0.938. The van der Waals surface area contributed by atoms with Gasteiger partial charge in [-0.15, -0.1) is 0 Å². The molecular weight excluding hydrogens is 723 g/mol. The second-order valence-electron chi connectivity index (χ2n) is 21.6. The van der Waals surface area contributed by atoms with E-state index >= 15 is 0 Å². The van der Waals surface area contributed by atoms with Gasteiger partial charge in [0.2, 0.25) is 6.71 Å². The van der Waals surface area contributed by atoms with Crippen molar-refractivity contribution >= 4 is 34.8 Å². The number of anilines is 3. The molecule has 0 radical (unpaired) electrons. The Bertz CT molecular complexity index is 2580. The molecule has 3 aliphatic carbocycles. The largest absolute Gasteiger partial charge is 0.335 e. The SMILES string of the molecule is CC1=C(c2ccccc2N2C3=C(CC(C(C)(C)C)C=C3)B3C4=C(C(C(C)(C)C)=CCC42)N(c2ccccc2-c2ccccc2C)c2ccc(C(C)(C)C)cc23)CC(C)C=C1. The van der Waals surface area contributed by atoms with Crippen LogP contribution < -0.4 is 15.3 Å². The molecule has 0 spiro atoms. The predicted octanol–water partition coefficient (Wildman–Crippen LogP) is 14.7. The molecule has 0 saturated heterocycles. The van der Waals surface area contributed by atoms with Crippen LogP contribution in [0.15, 0.2) is 155 Å². The van der Waals surface area contributed by atoms with Crippen molar-refractivity contribution in [3.63, 3.8) is 0 Å². The molecule has 9 rings (SSSR count). The van der Waals surface area contributed by atoms with Gasteiger partial charge in [0, 0.05) is 33.9 Å². The van der Waals surface area contributed by atoms with Crippen LogP contribution >= 0.6 is 0 Å². The van der Waals surface area contributed by atoms with E-state index in [4.69, 9.17) is 0 Å². The van der Waals surface area contributed by atoms with E-state index in [0.29, 0.717) is 11.8 Å². The Balaban J connectivity index is 1.41. The van der Waals surface area contributed by atoms with Crippen LogP contribution in [-0.2, 0) is 5.41 Å². The van der Waals surface area contributed by atoms with Gasteiger partial charge in [-0.05, 0) is 130 Å². The lowest BCUT2D eigenvalue weighted by Gasteiger charge is -2.54. The number of hydrogen-bond acceptors (Lipinski definition) is 2. The molecule has 0 aromatic heterocycles. The van der Waals surface area contributed by atoms with Crippen molar-refractivity contribution in [3.8, 4) is 11.1 Å². The molecule has 60 heavy (non-hydrogen) atoms. The van der Waals surface area contributed by atoms with Crippen LogP contribution in [0.2, 0.25) is 0 Å². The first-order valence-corrected chi connectivity index (χ1v) is 22.7. The summed E-state index contributed by atoms with van der Waals surface area (Å²) in [7, 11) is 0. The van der Waals surface area contributed by atoms with Gasteiger partial charge in [-0.3, -0.25) is 0 Å². The summed E-state index contributed by atoms with van der Waals surface area (Å²) in [5, 5.41) is 0. The van der Waals surface area contributed by atoms with Crippen LogP contribution in [0.4, 0.5) is 17.1 Å². The lowest BCUT2D eigenvalue weighted by molar-refractivity contribution is 0.290. The van der Waals surface area contributed by atoms with Crippen LogP contribution in [0.3, 0.4) is 0 Å². The van der Waals surface area contributed by atoms with Gasteiger partial charge < -0.3 is 9.80 Å². The molecule has 306 valence electrons. The highest BCUT2D eigenvalue weighted by molar-refractivity contribution is 6.88. The number of aryl methyl sites for hydroxylation is 1. The lowest BCUT2D eigenvalue weighted by atomic mass is 9.29. The Hall–Kier alpha value is -5.02. The zero-order valence-corrected chi connectivity index (χ0v) is 38.4. The normalized spacial score (nSPS) is 21.6. The molecule has 4 aromatic rings. The molecule has 0 bridgehead atoms. The third-order valence-corrected chi connectivity index (χ3v) is 14.3. The van der Waals surface area contributed by atoms with E-state index < -0.39 is 0 Å². The van der Waals surface area contributed by atoms with Gasteiger partial charge in [-0.2, -0.15) is 0 Å². The summed E-state index contributed by atoms with van der Waals surface area (Å²) < 4.78 is 0. The maximum absolute atomic E-state index is 2.81. The molecule has 0 fully saturated rings. The molecule has 2 nitrogen and oxygen atoms in total. The van der Waals surface area contributed by atoms with Crippen molar-refractivity contribution in [1.82, 2.24) is 0 Å². The first-order valence-electron chi connectivity index (χ1n) is 22.7. The van der Waals surface area contributed by atoms with Gasteiger partial charge in [-0.25, -0.2) is 0 Å². The monoisotopic (exact) mass is 789 g/mol. The fraction of sp³-hybridized carbons (Fsp3) is 0.368. The molecule has 3 heteroatoms. The van der Waals surface area contributed by atoms with Gasteiger partial charge in [-0.1, -0.05) is 172 Å². The van der Waals surface area contributed by atoms with E-state index in [1.807, 2.05) is 0 Å². The standard InChI is InChI=1S/C57H65BN2/c1-36-25-26-38(3)44(33-36)43-22-16-17-23-48(43)59-50-30-27-39(55(4,5)6)34-46(50)58-47-35-40(56(7,8)9)28-31-51(47)60(54-45(57(10,11)12)29-32-52(59)53(54)58)49-24-18-15-21-42(49)41-20-14-13-19-37(41)2/h13-31,35-36,39,52H,32-34H2,1-12H3. The predicted molar refractivity (Wildman–Crippen MR) is 260 cm³/mol. The number of benzene rings is 4. The van der Waals surface area contributed by atoms with Crippen molar-refractivity contribution in [3.05, 3.63) is 172 Å². The first-order chi connectivity index (χ1) is 28.4. The van der Waals surface area contributed by atoms with Gasteiger partial charge in [0.25, 0.3) is 0 Å². The van der Waals surface area contributed by atoms with Gasteiger partial charge >= 0.3 is 0 Å². The van der Waals surface area contributed by atoms with Crippen LogP contribution in [0.5, 0.6) is 0 Å². The highest BCUT2D eigenvalue weighted by Crippen LogP contribution is 2.56. The van der Waals surface area contributed by atoms with Crippen molar-refractivity contribution in [2.75, 3.05) is 9.80 Å². The Labute approximate surface area is 362 Å². The first kappa shape index (κ1) is 40.4. The summed E-state index contributed by atoms with van der Waals surface area (Å²) in [6.07, 6.45) is 15.5. The summed E-state index contributed by atoms with van der Waals surface area (Å²) in [6, 6.07) is 35.1. The number of hydrogen-bond donors (Lipinski definition) is 0. The smallest absolute Gasteiger partial charge is 0.242 e. The number of allylic oxidation sites excluding steroid dienone is 8. The maximum Gasteiger partial charge on any atom is 0.242 e. The number of para-hydroxylation sites is 2. The van der Waals surface area contributed by atoms with Crippen molar-refractivity contribution in [2.24, 2.45) is 22.7 Å². The molecule has 0 N–H and O–H groups in total. The summed E-state index contributed by atoms with van der Waals surface area (Å²) in [5.41, 5.74) is 22.3. The summed E-state index contributed by atoms with van der Waals surface area (Å²) >= 11 is 0. The second kappa shape index (κ2) is 14.6. The van der Waals surface area contributed by atoms with Crippen molar-refractivity contribution in [1.29, 1.82) is 0 Å². The Morgan fingerprint density at radius 1 is 0.650 bits per heavy atom. The molecule has 2 heterocycles. The Kier molecular flexibility index (Phi) is 9.81. The molecule has 3 atom stereocenters. The third-order valence-electron chi connectivity index (χ3n) is 14.3. The van der Waals surface area contributed by atoms with E-state index in [1.165, 1.54) is 78.5 Å². The quantitative estimate of drug-likeness (QED) is 0.190. The van der Waals surface area contributed by atoms with Gasteiger partial charge in [0.15, 0.2) is 0 Å². The topological polar surface area (TPSA) is 6.48 Å². The highest BCUT2D eigenvalue weighted by Gasteiger charge is 2.52. The minimum Gasteiger partial charge on any atom is -0.335 e. The van der Waals surface area contributed by atoms with Gasteiger partial charge in [0.1, 0.15) is 0 Å². The third kappa shape index (κ3) is 6.72. The average molecular weight is 789 g/mol. The molecule has 5 aliphatic rings. The molecule has 3 unspecified atom stereocenters. The van der Waals surface area contributed by atoms with Crippen LogP contribution in [-0.4, -0.2) is 12.8 Å².